The van der Waals surface area contributed by atoms with Crippen molar-refractivity contribution in [3.05, 3.63) is 88.9 Å². The minimum Gasteiger partial charge on any atom is -0.468 e. The van der Waals surface area contributed by atoms with E-state index in [-0.39, 0.29) is 25.6 Å². The number of para-hydroxylation sites is 4. The lowest BCUT2D eigenvalue weighted by molar-refractivity contribution is 0.0654. The topological polar surface area (TPSA) is 150 Å². The zero-order valence-corrected chi connectivity index (χ0v) is 40.3. The molecule has 4 aromatic heterocycles. The summed E-state index contributed by atoms with van der Waals surface area (Å²) in [6.07, 6.45) is 10.7. The van der Waals surface area contributed by atoms with Crippen LogP contribution in [0.1, 0.15) is 87.7 Å². The highest BCUT2D eigenvalue weighted by Gasteiger charge is 2.23. The minimum absolute atomic E-state index is 0. The highest BCUT2D eigenvalue weighted by molar-refractivity contribution is 6.29. The zero-order chi connectivity index (χ0) is 45.0. The molecule has 4 aliphatic heterocycles. The lowest BCUT2D eigenvalue weighted by Gasteiger charge is -2.32. The number of aryl methyl sites for hydroxylation is 2. The largest absolute Gasteiger partial charge is 0.468 e. The molecular weight excluding hydrogens is 878 g/mol. The number of anilines is 3. The fourth-order valence-corrected chi connectivity index (χ4v) is 8.74. The van der Waals surface area contributed by atoms with Crippen LogP contribution in [-0.2, 0) is 22.7 Å². The van der Waals surface area contributed by atoms with Crippen molar-refractivity contribution < 1.29 is 18.9 Å². The molecule has 0 unspecified atom stereocenters. The van der Waals surface area contributed by atoms with Gasteiger partial charge in [0.25, 0.3) is 0 Å². The van der Waals surface area contributed by atoms with Crippen molar-refractivity contribution in [1.29, 1.82) is 0 Å². The van der Waals surface area contributed by atoms with E-state index >= 15 is 0 Å². The third-order valence-electron chi connectivity index (χ3n) is 12.4. The Hall–Kier alpha value is -5.22. The van der Waals surface area contributed by atoms with Gasteiger partial charge in [-0.1, -0.05) is 49.2 Å². The Bertz CT molecular complexity index is 2480. The Kier molecular flexibility index (Phi) is 17.7. The number of hydrogen-bond acceptors (Lipinski definition) is 15. The van der Waals surface area contributed by atoms with Crippen LogP contribution in [-0.4, -0.2) is 106 Å². The molecule has 0 saturated carbocycles. The van der Waals surface area contributed by atoms with Gasteiger partial charge in [-0.15, -0.1) is 12.4 Å². The van der Waals surface area contributed by atoms with Crippen LogP contribution in [0.25, 0.3) is 22.1 Å². The van der Waals surface area contributed by atoms with Gasteiger partial charge in [0.05, 0.1) is 22.1 Å². The molecule has 4 saturated heterocycles. The molecule has 0 bridgehead atoms. The Morgan fingerprint density at radius 1 is 0.606 bits per heavy atom. The number of ether oxygens (including phenoxy) is 4. The molecule has 4 fully saturated rings. The Morgan fingerprint density at radius 2 is 1.05 bits per heavy atom. The van der Waals surface area contributed by atoms with E-state index in [0.29, 0.717) is 34.6 Å². The van der Waals surface area contributed by atoms with Gasteiger partial charge >= 0.3 is 0 Å². The maximum atomic E-state index is 6.16. The van der Waals surface area contributed by atoms with Crippen LogP contribution < -0.4 is 24.2 Å². The third-order valence-corrected chi connectivity index (χ3v) is 12.6. The van der Waals surface area contributed by atoms with E-state index in [9.17, 15) is 0 Å². The van der Waals surface area contributed by atoms with Gasteiger partial charge in [-0.05, 0) is 95.4 Å². The number of nitrogens with zero attached hydrogens (tertiary/aromatic N) is 11. The summed E-state index contributed by atoms with van der Waals surface area (Å²) in [5.41, 5.74) is 4.83. The first-order valence-electron chi connectivity index (χ1n) is 23.3. The van der Waals surface area contributed by atoms with Crippen LogP contribution in [0.4, 0.5) is 17.5 Å². The molecule has 2 aromatic carbocycles. The van der Waals surface area contributed by atoms with Crippen molar-refractivity contribution in [2.75, 3.05) is 74.4 Å². The third kappa shape index (κ3) is 13.0. The second-order valence-corrected chi connectivity index (χ2v) is 17.4. The molecule has 352 valence electrons. The van der Waals surface area contributed by atoms with Gasteiger partial charge in [-0.25, -0.2) is 39.9 Å². The molecule has 6 aromatic rings. The van der Waals surface area contributed by atoms with Gasteiger partial charge < -0.3 is 33.6 Å². The summed E-state index contributed by atoms with van der Waals surface area (Å²) in [5.74, 6) is 5.96. The van der Waals surface area contributed by atoms with Crippen LogP contribution >= 0.6 is 24.0 Å². The lowest BCUT2D eigenvalue weighted by Crippen LogP contribution is -2.37. The molecule has 0 aliphatic carbocycles. The molecule has 0 amide bonds. The molecule has 0 radical (unpaired) electrons. The fourth-order valence-electron chi connectivity index (χ4n) is 8.54. The molecular formula is C49H63Cl2N11O4. The number of hydrogen-bond donors (Lipinski definition) is 0. The molecule has 4 aliphatic rings. The molecule has 0 spiro atoms. The summed E-state index contributed by atoms with van der Waals surface area (Å²) >= 11 is 6.16. The quantitative estimate of drug-likeness (QED) is 0.113. The molecule has 0 atom stereocenters. The maximum absolute atomic E-state index is 6.16. The average molecular weight is 941 g/mol. The van der Waals surface area contributed by atoms with Crippen molar-refractivity contribution >= 4 is 63.5 Å². The Balaban J connectivity index is 0.000000169. The summed E-state index contributed by atoms with van der Waals surface area (Å²) < 4.78 is 22.6. The standard InChI is InChI=1S/C24H30N6O2.C18H18ClN5O.C7H14O.ClH/c1-17-24(26-20-8-4-3-7-19(20)25-17)32-16-21-27-22(29(2)18-9-13-31-14-10-18)15-23(28-21)30-11-5-6-12-30;1-12-18(21-14-7-3-2-6-13(14)20-12)25-11-16-22-15(19)10-17(23-16)24-8-4-5-9-24;1-2-7-3-5-8-6-4-7;/h3-4,7-8,15,18H,5-6,9-14,16H2,1-2H3;2-3,6-7,10H,4-5,8-9,11H2,1H3;7H,2-6H2,1H3;1H. The number of benzene rings is 2. The smallest absolute Gasteiger partial charge is 0.236 e. The van der Waals surface area contributed by atoms with Crippen molar-refractivity contribution in [2.24, 2.45) is 5.92 Å². The van der Waals surface area contributed by atoms with Crippen molar-refractivity contribution in [1.82, 2.24) is 39.9 Å². The maximum Gasteiger partial charge on any atom is 0.236 e. The van der Waals surface area contributed by atoms with Gasteiger partial charge in [-0.3, -0.25) is 0 Å². The van der Waals surface area contributed by atoms with E-state index in [1.165, 1.54) is 44.9 Å². The second kappa shape index (κ2) is 24.0. The van der Waals surface area contributed by atoms with Crippen LogP contribution in [0, 0.1) is 19.8 Å². The van der Waals surface area contributed by atoms with Crippen molar-refractivity contribution in [2.45, 2.75) is 97.8 Å². The summed E-state index contributed by atoms with van der Waals surface area (Å²) in [5, 5.41) is 0.428. The summed E-state index contributed by atoms with van der Waals surface area (Å²) in [4.78, 5) is 43.7. The fraction of sp³-hybridized carbons (Fsp3) is 0.510. The zero-order valence-electron chi connectivity index (χ0n) is 38.7. The van der Waals surface area contributed by atoms with Gasteiger partial charge in [-0.2, -0.15) is 0 Å². The Morgan fingerprint density at radius 3 is 1.52 bits per heavy atom. The number of aromatic nitrogens is 8. The number of halogens is 2. The summed E-state index contributed by atoms with van der Waals surface area (Å²) in [6.45, 7) is 14.2. The highest BCUT2D eigenvalue weighted by atomic mass is 35.5. The van der Waals surface area contributed by atoms with Gasteiger partial charge in [0.1, 0.15) is 47.2 Å². The first-order chi connectivity index (χ1) is 31.8. The predicted octanol–water partition coefficient (Wildman–Crippen LogP) is 9.33. The summed E-state index contributed by atoms with van der Waals surface area (Å²) in [7, 11) is 2.12. The highest BCUT2D eigenvalue weighted by Crippen LogP contribution is 2.28. The van der Waals surface area contributed by atoms with Gasteiger partial charge in [0.2, 0.25) is 11.8 Å². The normalized spacial score (nSPS) is 16.6. The SMILES string of the molecule is CCC1CCOCC1.Cc1nc2ccccc2nc1OCc1nc(Cl)cc(N2CCCC2)n1.Cc1nc2ccccc2nc1OCc1nc(N2CCCC2)cc(N(C)C2CCOCC2)n1.Cl. The predicted molar refractivity (Wildman–Crippen MR) is 263 cm³/mol. The Labute approximate surface area is 399 Å². The lowest BCUT2D eigenvalue weighted by atomic mass is 9.98. The first kappa shape index (κ1) is 48.7. The average Bonchev–Trinajstić information content (AvgIpc) is 4.10. The molecule has 15 nitrogen and oxygen atoms in total. The van der Waals surface area contributed by atoms with E-state index in [1.807, 2.05) is 62.4 Å². The summed E-state index contributed by atoms with van der Waals surface area (Å²) in [6, 6.07) is 19.9. The van der Waals surface area contributed by atoms with Crippen LogP contribution in [0.5, 0.6) is 11.8 Å². The molecule has 66 heavy (non-hydrogen) atoms. The van der Waals surface area contributed by atoms with Crippen LogP contribution in [0.3, 0.4) is 0 Å². The van der Waals surface area contributed by atoms with E-state index in [4.69, 9.17) is 40.5 Å². The number of fused-ring (bicyclic) bond motifs is 2. The molecule has 0 N–H and O–H groups in total. The van der Waals surface area contributed by atoms with Crippen LogP contribution in [0.2, 0.25) is 5.15 Å². The van der Waals surface area contributed by atoms with E-state index in [1.54, 1.807) is 6.07 Å². The monoisotopic (exact) mass is 939 g/mol. The second-order valence-electron chi connectivity index (χ2n) is 17.1. The van der Waals surface area contributed by atoms with Crippen molar-refractivity contribution in [3.8, 4) is 11.8 Å². The van der Waals surface area contributed by atoms with E-state index in [2.05, 4.69) is 64.6 Å². The first-order valence-corrected chi connectivity index (χ1v) is 23.7. The van der Waals surface area contributed by atoms with E-state index in [0.717, 1.165) is 122 Å². The van der Waals surface area contributed by atoms with Crippen LogP contribution in [0.15, 0.2) is 60.7 Å². The van der Waals surface area contributed by atoms with Crippen molar-refractivity contribution in [3.63, 3.8) is 0 Å². The number of rotatable bonds is 11. The molecule has 8 heterocycles. The molecule has 10 rings (SSSR count). The van der Waals surface area contributed by atoms with Gasteiger partial charge in [0.15, 0.2) is 11.6 Å². The van der Waals surface area contributed by atoms with E-state index < -0.39 is 0 Å². The van der Waals surface area contributed by atoms with Gasteiger partial charge in [0, 0.05) is 77.8 Å². The molecule has 17 heteroatoms. The minimum atomic E-state index is 0.